The molecule has 6 nitrogen and oxygen atoms in total. The SMILES string of the molecule is CS(=O)(=O)CCC(N)C(=O)Nc1cccc(OCc2ccc(Cl)cc2)c1. The predicted molar refractivity (Wildman–Crippen MR) is 103 cm³/mol. The summed E-state index contributed by atoms with van der Waals surface area (Å²) in [6.07, 6.45) is 1.18. The van der Waals surface area contributed by atoms with Gasteiger partial charge in [0, 0.05) is 23.0 Å². The zero-order chi connectivity index (χ0) is 19.2. The largest absolute Gasteiger partial charge is 0.489 e. The maximum Gasteiger partial charge on any atom is 0.241 e. The number of carbonyl (C=O) groups is 1. The fraction of sp³-hybridized carbons (Fsp3) is 0.278. The number of nitrogens with one attached hydrogen (secondary N) is 1. The molecule has 1 unspecified atom stereocenters. The Morgan fingerprint density at radius 2 is 1.92 bits per heavy atom. The number of hydrogen-bond donors (Lipinski definition) is 2. The van der Waals surface area contributed by atoms with Crippen molar-refractivity contribution in [2.24, 2.45) is 5.73 Å². The van der Waals surface area contributed by atoms with Gasteiger partial charge in [-0.15, -0.1) is 0 Å². The molecule has 0 fully saturated rings. The average Bonchev–Trinajstić information content (AvgIpc) is 2.59. The summed E-state index contributed by atoms with van der Waals surface area (Å²) in [5, 5.41) is 3.33. The highest BCUT2D eigenvalue weighted by molar-refractivity contribution is 7.90. The summed E-state index contributed by atoms with van der Waals surface area (Å²) >= 11 is 5.85. The molecule has 0 saturated carbocycles. The van der Waals surface area contributed by atoms with Crippen molar-refractivity contribution in [3.8, 4) is 5.75 Å². The van der Waals surface area contributed by atoms with E-state index >= 15 is 0 Å². The van der Waals surface area contributed by atoms with Crippen LogP contribution in [0, 0.1) is 0 Å². The van der Waals surface area contributed by atoms with E-state index in [1.54, 1.807) is 36.4 Å². The highest BCUT2D eigenvalue weighted by atomic mass is 35.5. The van der Waals surface area contributed by atoms with Crippen LogP contribution in [0.5, 0.6) is 5.75 Å². The van der Waals surface area contributed by atoms with Crippen LogP contribution in [0.4, 0.5) is 5.69 Å². The fourth-order valence-electron chi connectivity index (χ4n) is 2.12. The van der Waals surface area contributed by atoms with Gasteiger partial charge >= 0.3 is 0 Å². The molecule has 2 aromatic rings. The van der Waals surface area contributed by atoms with E-state index in [2.05, 4.69) is 5.32 Å². The van der Waals surface area contributed by atoms with Gasteiger partial charge in [0.15, 0.2) is 0 Å². The number of nitrogens with two attached hydrogens (primary N) is 1. The second-order valence-electron chi connectivity index (χ2n) is 5.96. The number of anilines is 1. The Morgan fingerprint density at radius 1 is 1.23 bits per heavy atom. The maximum atomic E-state index is 12.1. The van der Waals surface area contributed by atoms with E-state index in [-0.39, 0.29) is 12.2 Å². The summed E-state index contributed by atoms with van der Waals surface area (Å²) in [5.41, 5.74) is 7.23. The van der Waals surface area contributed by atoms with Crippen molar-refractivity contribution in [3.05, 3.63) is 59.1 Å². The zero-order valence-corrected chi connectivity index (χ0v) is 15.9. The summed E-state index contributed by atoms with van der Waals surface area (Å²) in [6.45, 7) is 0.364. The molecule has 1 atom stereocenters. The summed E-state index contributed by atoms with van der Waals surface area (Å²) in [4.78, 5) is 12.1. The van der Waals surface area contributed by atoms with Gasteiger partial charge in [0.05, 0.1) is 11.8 Å². The third-order valence-electron chi connectivity index (χ3n) is 3.56. The molecule has 0 aliphatic rings. The van der Waals surface area contributed by atoms with E-state index in [1.807, 2.05) is 12.1 Å². The molecule has 0 aromatic heterocycles. The molecular formula is C18H21ClN2O4S. The van der Waals surface area contributed by atoms with Gasteiger partial charge in [0.25, 0.3) is 0 Å². The van der Waals surface area contributed by atoms with Crippen LogP contribution in [0.1, 0.15) is 12.0 Å². The molecule has 1 amide bonds. The lowest BCUT2D eigenvalue weighted by Crippen LogP contribution is -2.37. The first kappa shape index (κ1) is 20.2. The van der Waals surface area contributed by atoms with Crippen LogP contribution >= 0.6 is 11.6 Å². The van der Waals surface area contributed by atoms with E-state index in [0.717, 1.165) is 11.8 Å². The van der Waals surface area contributed by atoms with Crippen LogP contribution in [0.2, 0.25) is 5.02 Å². The van der Waals surface area contributed by atoms with Crippen LogP contribution in [-0.4, -0.2) is 32.4 Å². The molecule has 2 aromatic carbocycles. The molecule has 0 spiro atoms. The van der Waals surface area contributed by atoms with E-state index in [4.69, 9.17) is 22.1 Å². The number of ether oxygens (including phenoxy) is 1. The average molecular weight is 397 g/mol. The van der Waals surface area contributed by atoms with Gasteiger partial charge in [0.2, 0.25) is 5.91 Å². The van der Waals surface area contributed by atoms with E-state index in [0.29, 0.717) is 23.1 Å². The van der Waals surface area contributed by atoms with Crippen LogP contribution in [-0.2, 0) is 21.2 Å². The molecular weight excluding hydrogens is 376 g/mol. The van der Waals surface area contributed by atoms with Crippen molar-refractivity contribution in [1.82, 2.24) is 0 Å². The third kappa shape index (κ3) is 7.03. The maximum absolute atomic E-state index is 12.1. The number of sulfone groups is 1. The molecule has 0 radical (unpaired) electrons. The quantitative estimate of drug-likeness (QED) is 0.714. The van der Waals surface area contributed by atoms with Crippen molar-refractivity contribution in [2.45, 2.75) is 19.1 Å². The van der Waals surface area contributed by atoms with E-state index in [1.165, 1.54) is 0 Å². The Hall–Kier alpha value is -2.09. The molecule has 0 saturated heterocycles. The van der Waals surface area contributed by atoms with Gasteiger partial charge in [-0.3, -0.25) is 4.79 Å². The molecule has 2 rings (SSSR count). The molecule has 140 valence electrons. The highest BCUT2D eigenvalue weighted by Crippen LogP contribution is 2.19. The molecule has 26 heavy (non-hydrogen) atoms. The van der Waals surface area contributed by atoms with Gasteiger partial charge in [-0.1, -0.05) is 29.8 Å². The van der Waals surface area contributed by atoms with Crippen LogP contribution in [0.3, 0.4) is 0 Å². The standard InChI is InChI=1S/C18H21ClN2O4S/c1-26(23,24)10-9-17(20)18(22)21-15-3-2-4-16(11-15)25-12-13-5-7-14(19)8-6-13/h2-8,11,17H,9-10,12,20H2,1H3,(H,21,22). The normalized spacial score (nSPS) is 12.4. The molecule has 0 aliphatic carbocycles. The molecule has 0 bridgehead atoms. The lowest BCUT2D eigenvalue weighted by atomic mass is 10.2. The van der Waals surface area contributed by atoms with E-state index in [9.17, 15) is 13.2 Å². The number of hydrogen-bond acceptors (Lipinski definition) is 5. The lowest BCUT2D eigenvalue weighted by Gasteiger charge is -2.13. The third-order valence-corrected chi connectivity index (χ3v) is 4.79. The summed E-state index contributed by atoms with van der Waals surface area (Å²) in [7, 11) is -3.16. The second-order valence-corrected chi connectivity index (χ2v) is 8.65. The minimum Gasteiger partial charge on any atom is -0.489 e. The Bertz CT molecular complexity index is 854. The van der Waals surface area contributed by atoms with Gasteiger partial charge < -0.3 is 15.8 Å². The highest BCUT2D eigenvalue weighted by Gasteiger charge is 2.16. The number of benzene rings is 2. The minimum absolute atomic E-state index is 0.0669. The Morgan fingerprint density at radius 3 is 2.58 bits per heavy atom. The molecule has 0 heterocycles. The van der Waals surface area contributed by atoms with Crippen LogP contribution in [0.25, 0.3) is 0 Å². The summed E-state index contributed by atoms with van der Waals surface area (Å²) in [5.74, 6) is 0.0113. The molecule has 8 heteroatoms. The zero-order valence-electron chi connectivity index (χ0n) is 14.3. The Labute approximate surface area is 158 Å². The van der Waals surface area contributed by atoms with Gasteiger partial charge in [-0.2, -0.15) is 0 Å². The Kier molecular flexibility index (Phi) is 7.02. The van der Waals surface area contributed by atoms with Crippen LogP contribution in [0.15, 0.2) is 48.5 Å². The van der Waals surface area contributed by atoms with Crippen molar-refractivity contribution in [3.63, 3.8) is 0 Å². The second kappa shape index (κ2) is 9.02. The first-order valence-electron chi connectivity index (χ1n) is 7.94. The number of rotatable bonds is 8. The fourth-order valence-corrected chi connectivity index (χ4v) is 2.93. The number of halogens is 1. The van der Waals surface area contributed by atoms with Crippen molar-refractivity contribution in [1.29, 1.82) is 0 Å². The first-order valence-corrected chi connectivity index (χ1v) is 10.4. The van der Waals surface area contributed by atoms with Gasteiger partial charge in [-0.25, -0.2) is 8.42 Å². The van der Waals surface area contributed by atoms with Crippen LogP contribution < -0.4 is 15.8 Å². The Balaban J connectivity index is 1.91. The van der Waals surface area contributed by atoms with E-state index < -0.39 is 21.8 Å². The lowest BCUT2D eigenvalue weighted by molar-refractivity contribution is -0.117. The summed E-state index contributed by atoms with van der Waals surface area (Å²) < 4.78 is 28.0. The number of amides is 1. The number of carbonyl (C=O) groups excluding carboxylic acids is 1. The van der Waals surface area contributed by atoms with Gasteiger partial charge in [0.1, 0.15) is 22.2 Å². The van der Waals surface area contributed by atoms with Gasteiger partial charge in [-0.05, 0) is 36.2 Å². The van der Waals surface area contributed by atoms with Crippen molar-refractivity contribution in [2.75, 3.05) is 17.3 Å². The first-order chi connectivity index (χ1) is 12.2. The monoisotopic (exact) mass is 396 g/mol. The minimum atomic E-state index is -3.16. The van der Waals surface area contributed by atoms with Crippen molar-refractivity contribution < 1.29 is 17.9 Å². The molecule has 0 aliphatic heterocycles. The molecule has 3 N–H and O–H groups in total. The predicted octanol–water partition coefficient (Wildman–Crippen LogP) is 2.62. The van der Waals surface area contributed by atoms with Crippen molar-refractivity contribution >= 4 is 33.0 Å². The smallest absolute Gasteiger partial charge is 0.241 e. The topological polar surface area (TPSA) is 98.5 Å². The summed E-state index contributed by atoms with van der Waals surface area (Å²) in [6, 6.07) is 13.3.